The summed E-state index contributed by atoms with van der Waals surface area (Å²) in [6.07, 6.45) is 2.54. The Labute approximate surface area is 85.8 Å². The van der Waals surface area contributed by atoms with Crippen LogP contribution in [0.3, 0.4) is 0 Å². The van der Waals surface area contributed by atoms with Crippen LogP contribution >= 0.6 is 15.9 Å². The minimum absolute atomic E-state index is 0.249. The van der Waals surface area contributed by atoms with Gasteiger partial charge in [-0.15, -0.1) is 0 Å². The van der Waals surface area contributed by atoms with Gasteiger partial charge in [-0.05, 0) is 24.6 Å². The van der Waals surface area contributed by atoms with Crippen LogP contribution in [0.2, 0.25) is 0 Å². The molecule has 0 amide bonds. The lowest BCUT2D eigenvalue weighted by molar-refractivity contribution is 0.276. The Hall–Kier alpha value is -0.830. The minimum Gasteiger partial charge on any atom is -0.471 e. The third kappa shape index (κ3) is 1.61. The second-order valence-corrected chi connectivity index (χ2v) is 4.19. The number of hydrogen-bond donors (Lipinski definition) is 0. The van der Waals surface area contributed by atoms with E-state index in [1.54, 1.807) is 0 Å². The average molecular weight is 239 g/mol. The molecule has 13 heavy (non-hydrogen) atoms. The molecular formula is C10H9BrNO. The molecule has 2 rings (SSSR count). The Balaban J connectivity index is 2.35. The maximum absolute atomic E-state index is 5.02. The fraction of sp³-hybridized carbons (Fsp3) is 0.300. The number of nitrogens with zero attached hydrogens (tertiary/aromatic N) is 1. The molecule has 1 aliphatic heterocycles. The molecule has 1 aromatic carbocycles. The summed E-state index contributed by atoms with van der Waals surface area (Å²) in [7, 11) is 0. The number of ether oxygens (including phenoxy) is 1. The highest BCUT2D eigenvalue weighted by molar-refractivity contribution is 9.10. The van der Waals surface area contributed by atoms with E-state index in [9.17, 15) is 0 Å². The van der Waals surface area contributed by atoms with Gasteiger partial charge in [0.05, 0.1) is 0 Å². The Morgan fingerprint density at radius 3 is 2.69 bits per heavy atom. The predicted molar refractivity (Wildman–Crippen MR) is 54.9 cm³/mol. The summed E-state index contributed by atoms with van der Waals surface area (Å²) in [6.45, 7) is 2.62. The van der Waals surface area contributed by atoms with E-state index in [2.05, 4.69) is 27.3 Å². The third-order valence-electron chi connectivity index (χ3n) is 2.18. The highest BCUT2D eigenvalue weighted by Crippen LogP contribution is 2.29. The van der Waals surface area contributed by atoms with Gasteiger partial charge in [0, 0.05) is 4.47 Å². The molecule has 0 aliphatic carbocycles. The first-order valence-corrected chi connectivity index (χ1v) is 4.85. The summed E-state index contributed by atoms with van der Waals surface area (Å²) in [5, 5.41) is 0. The molecule has 1 radical (unpaired) electrons. The van der Waals surface area contributed by atoms with Gasteiger partial charge in [-0.25, -0.2) is 4.99 Å². The van der Waals surface area contributed by atoms with Crippen LogP contribution in [-0.4, -0.2) is 13.0 Å². The zero-order chi connectivity index (χ0) is 9.31. The van der Waals surface area contributed by atoms with E-state index in [0.29, 0.717) is 6.61 Å². The molecule has 0 fully saturated rings. The summed E-state index contributed by atoms with van der Waals surface area (Å²) >= 11 is 3.39. The summed E-state index contributed by atoms with van der Waals surface area (Å²) in [5.41, 5.74) is 0.904. The molecule has 3 heteroatoms. The van der Waals surface area contributed by atoms with E-state index in [1.807, 2.05) is 31.2 Å². The molecule has 0 spiro atoms. The molecule has 2 nitrogen and oxygen atoms in total. The van der Waals surface area contributed by atoms with Gasteiger partial charge >= 0.3 is 0 Å². The van der Waals surface area contributed by atoms with E-state index in [-0.39, 0.29) is 5.54 Å². The normalized spacial score (nSPS) is 26.0. The van der Waals surface area contributed by atoms with Gasteiger partial charge in [-0.2, -0.15) is 0 Å². The summed E-state index contributed by atoms with van der Waals surface area (Å²) < 4.78 is 6.09. The Bertz CT molecular complexity index is 333. The Morgan fingerprint density at radius 2 is 2.15 bits per heavy atom. The second-order valence-electron chi connectivity index (χ2n) is 3.27. The van der Waals surface area contributed by atoms with Gasteiger partial charge in [0.15, 0.2) is 0 Å². The summed E-state index contributed by atoms with van der Waals surface area (Å²) in [4.78, 5) is 4.18. The van der Waals surface area contributed by atoms with Crippen molar-refractivity contribution >= 4 is 22.3 Å². The first-order valence-electron chi connectivity index (χ1n) is 4.05. The topological polar surface area (TPSA) is 21.6 Å². The van der Waals surface area contributed by atoms with Crippen molar-refractivity contribution in [1.82, 2.24) is 0 Å². The van der Waals surface area contributed by atoms with E-state index in [4.69, 9.17) is 4.74 Å². The number of hydrogen-bond acceptors (Lipinski definition) is 2. The first-order chi connectivity index (χ1) is 6.21. The Morgan fingerprint density at radius 1 is 1.46 bits per heavy atom. The van der Waals surface area contributed by atoms with Crippen molar-refractivity contribution in [3.63, 3.8) is 0 Å². The molecule has 1 aromatic rings. The zero-order valence-corrected chi connectivity index (χ0v) is 8.84. The van der Waals surface area contributed by atoms with Crippen LogP contribution < -0.4 is 0 Å². The van der Waals surface area contributed by atoms with E-state index in [1.165, 1.54) is 0 Å². The van der Waals surface area contributed by atoms with Gasteiger partial charge in [-0.3, -0.25) is 0 Å². The van der Waals surface area contributed by atoms with Gasteiger partial charge in [0.25, 0.3) is 6.40 Å². The van der Waals surface area contributed by atoms with Crippen molar-refractivity contribution in [2.75, 3.05) is 6.61 Å². The standard InChI is InChI=1S/C10H9BrNO/c1-10(6-13-7-12-10)8-2-4-9(11)5-3-8/h2-5H,6H2,1H3. The lowest BCUT2D eigenvalue weighted by atomic mass is 9.94. The molecular weight excluding hydrogens is 230 g/mol. The number of halogens is 1. The highest BCUT2D eigenvalue weighted by Gasteiger charge is 2.29. The minimum atomic E-state index is -0.249. The molecule has 0 bridgehead atoms. The van der Waals surface area contributed by atoms with E-state index < -0.39 is 0 Å². The molecule has 0 N–H and O–H groups in total. The van der Waals surface area contributed by atoms with Crippen molar-refractivity contribution in [2.24, 2.45) is 4.99 Å². The van der Waals surface area contributed by atoms with E-state index in [0.717, 1.165) is 10.0 Å². The van der Waals surface area contributed by atoms with Gasteiger partial charge in [-0.1, -0.05) is 28.1 Å². The van der Waals surface area contributed by atoms with Crippen molar-refractivity contribution < 1.29 is 4.74 Å². The van der Waals surface area contributed by atoms with Crippen LogP contribution in [0.5, 0.6) is 0 Å². The molecule has 67 valence electrons. The predicted octanol–water partition coefficient (Wildman–Crippen LogP) is 2.60. The average Bonchev–Trinajstić information content (AvgIpc) is 2.54. The fourth-order valence-electron chi connectivity index (χ4n) is 1.29. The van der Waals surface area contributed by atoms with E-state index >= 15 is 0 Å². The number of aliphatic imine (C=N–C) groups is 1. The van der Waals surface area contributed by atoms with Crippen LogP contribution in [-0.2, 0) is 10.3 Å². The van der Waals surface area contributed by atoms with Crippen LogP contribution in [0.15, 0.2) is 33.7 Å². The molecule has 1 atom stereocenters. The lowest BCUT2D eigenvalue weighted by Gasteiger charge is -2.18. The van der Waals surface area contributed by atoms with Crippen LogP contribution in [0.4, 0.5) is 0 Å². The lowest BCUT2D eigenvalue weighted by Crippen LogP contribution is -2.20. The third-order valence-corrected chi connectivity index (χ3v) is 2.70. The van der Waals surface area contributed by atoms with Crippen LogP contribution in [0.25, 0.3) is 0 Å². The van der Waals surface area contributed by atoms with Crippen LogP contribution in [0, 0.1) is 0 Å². The first kappa shape index (κ1) is 8.75. The highest BCUT2D eigenvalue weighted by atomic mass is 79.9. The maximum atomic E-state index is 5.02. The zero-order valence-electron chi connectivity index (χ0n) is 7.25. The number of benzene rings is 1. The Kier molecular flexibility index (Phi) is 2.12. The monoisotopic (exact) mass is 238 g/mol. The largest absolute Gasteiger partial charge is 0.471 e. The van der Waals surface area contributed by atoms with Crippen molar-refractivity contribution in [1.29, 1.82) is 0 Å². The van der Waals surface area contributed by atoms with Crippen molar-refractivity contribution in [3.05, 3.63) is 34.3 Å². The smallest absolute Gasteiger partial charge is 0.274 e. The molecule has 0 saturated heterocycles. The molecule has 1 heterocycles. The van der Waals surface area contributed by atoms with Gasteiger partial charge in [0.1, 0.15) is 12.1 Å². The van der Waals surface area contributed by atoms with Crippen molar-refractivity contribution in [3.8, 4) is 0 Å². The number of rotatable bonds is 1. The fourth-order valence-corrected chi connectivity index (χ4v) is 1.56. The van der Waals surface area contributed by atoms with Gasteiger partial charge in [0.2, 0.25) is 0 Å². The molecule has 0 aromatic heterocycles. The van der Waals surface area contributed by atoms with Crippen molar-refractivity contribution in [2.45, 2.75) is 12.5 Å². The molecule has 0 saturated carbocycles. The van der Waals surface area contributed by atoms with Crippen LogP contribution in [0.1, 0.15) is 12.5 Å². The second kappa shape index (κ2) is 3.14. The SMILES string of the molecule is CC1(c2ccc(Br)cc2)CO[C]=N1. The summed E-state index contributed by atoms with van der Waals surface area (Å²) in [6, 6.07) is 8.11. The van der Waals surface area contributed by atoms with Gasteiger partial charge < -0.3 is 4.74 Å². The summed E-state index contributed by atoms with van der Waals surface area (Å²) in [5.74, 6) is 0. The maximum Gasteiger partial charge on any atom is 0.274 e. The molecule has 1 aliphatic rings. The molecule has 1 unspecified atom stereocenters. The quantitative estimate of drug-likeness (QED) is 0.738.